The molecule has 3 rings (SSSR count). The maximum atomic E-state index is 14.1. The normalized spacial score (nSPS) is 17.0. The Morgan fingerprint density at radius 3 is 3.04 bits per heavy atom. The molecule has 6 nitrogen and oxygen atoms in total. The summed E-state index contributed by atoms with van der Waals surface area (Å²) in [5.74, 6) is 0.148. The number of nitrogens with zero attached hydrogens (tertiary/aromatic N) is 1. The minimum Gasteiger partial charge on any atom is -0.493 e. The smallest absolute Gasteiger partial charge is 0.410 e. The predicted octanol–water partition coefficient (Wildman–Crippen LogP) is 3.10. The molecule has 0 unspecified atom stereocenters. The van der Waals surface area contributed by atoms with Crippen molar-refractivity contribution < 1.29 is 18.7 Å². The lowest BCUT2D eigenvalue weighted by Gasteiger charge is -2.34. The van der Waals surface area contributed by atoms with E-state index in [9.17, 15) is 9.18 Å². The Balaban J connectivity index is 1.53. The number of H-pyrrole nitrogens is 1. The van der Waals surface area contributed by atoms with Crippen molar-refractivity contribution in [1.82, 2.24) is 15.2 Å². The largest absolute Gasteiger partial charge is 0.493 e. The summed E-state index contributed by atoms with van der Waals surface area (Å²) in [5, 5.41) is 3.26. The third kappa shape index (κ3) is 5.23. The van der Waals surface area contributed by atoms with Gasteiger partial charge in [0.1, 0.15) is 18.2 Å². The van der Waals surface area contributed by atoms with Crippen LogP contribution in [0.5, 0.6) is 5.75 Å². The summed E-state index contributed by atoms with van der Waals surface area (Å²) in [5.41, 5.74) is 1.39. The Labute approximate surface area is 158 Å². The average molecular weight is 375 g/mol. The molecule has 2 heterocycles. The molecule has 1 aromatic heterocycles. The van der Waals surface area contributed by atoms with Crippen LogP contribution in [0.1, 0.15) is 24.6 Å². The summed E-state index contributed by atoms with van der Waals surface area (Å²) in [6.45, 7) is 4.49. The molecule has 2 N–H and O–H groups in total. The highest BCUT2D eigenvalue weighted by Gasteiger charge is 2.26. The van der Waals surface area contributed by atoms with E-state index in [0.29, 0.717) is 24.5 Å². The number of hydrogen-bond donors (Lipinski definition) is 2. The first-order valence-electron chi connectivity index (χ1n) is 9.35. The summed E-state index contributed by atoms with van der Waals surface area (Å²) >= 11 is 0. The average Bonchev–Trinajstić information content (AvgIpc) is 3.21. The number of piperazine rings is 1. The molecule has 27 heavy (non-hydrogen) atoms. The van der Waals surface area contributed by atoms with Crippen LogP contribution in [-0.2, 0) is 17.8 Å². The van der Waals surface area contributed by atoms with E-state index in [4.69, 9.17) is 9.47 Å². The van der Waals surface area contributed by atoms with Gasteiger partial charge in [0.2, 0.25) is 0 Å². The fourth-order valence-corrected chi connectivity index (χ4v) is 3.14. The predicted molar refractivity (Wildman–Crippen MR) is 100 cm³/mol. The van der Waals surface area contributed by atoms with Crippen molar-refractivity contribution in [2.45, 2.75) is 32.4 Å². The van der Waals surface area contributed by atoms with Crippen molar-refractivity contribution in [2.75, 3.05) is 26.2 Å². The van der Waals surface area contributed by atoms with Crippen LogP contribution in [0.3, 0.4) is 0 Å². The SMILES string of the molecule is CC[C@@H]1CNCCN1C(=O)OCc1cc(OCCc2ccc[nH]2)ccc1F. The lowest BCUT2D eigenvalue weighted by Crippen LogP contribution is -2.53. The van der Waals surface area contributed by atoms with Gasteiger partial charge in [0.15, 0.2) is 0 Å². The Morgan fingerprint density at radius 2 is 2.26 bits per heavy atom. The molecule has 1 amide bonds. The van der Waals surface area contributed by atoms with Crippen LogP contribution < -0.4 is 10.1 Å². The first-order chi connectivity index (χ1) is 13.2. The third-order valence-electron chi connectivity index (χ3n) is 4.73. The molecule has 7 heteroatoms. The number of benzene rings is 1. The summed E-state index contributed by atoms with van der Waals surface area (Å²) in [6.07, 6.45) is 3.04. The molecule has 0 bridgehead atoms. The highest BCUT2D eigenvalue weighted by Crippen LogP contribution is 2.19. The zero-order valence-corrected chi connectivity index (χ0v) is 15.5. The monoisotopic (exact) mass is 375 g/mol. The van der Waals surface area contributed by atoms with E-state index in [1.54, 1.807) is 17.0 Å². The van der Waals surface area contributed by atoms with Crippen LogP contribution in [0.4, 0.5) is 9.18 Å². The zero-order valence-electron chi connectivity index (χ0n) is 15.5. The van der Waals surface area contributed by atoms with Crippen molar-refractivity contribution in [3.8, 4) is 5.75 Å². The van der Waals surface area contributed by atoms with Crippen LogP contribution >= 0.6 is 0 Å². The zero-order chi connectivity index (χ0) is 19.1. The van der Waals surface area contributed by atoms with Gasteiger partial charge in [0.05, 0.1) is 6.61 Å². The number of hydrogen-bond acceptors (Lipinski definition) is 4. The number of rotatable bonds is 7. The number of aromatic nitrogens is 1. The van der Waals surface area contributed by atoms with Crippen molar-refractivity contribution >= 4 is 6.09 Å². The third-order valence-corrected chi connectivity index (χ3v) is 4.73. The first kappa shape index (κ1) is 19.2. The van der Waals surface area contributed by atoms with Crippen LogP contribution in [0.25, 0.3) is 0 Å². The fourth-order valence-electron chi connectivity index (χ4n) is 3.14. The molecular weight excluding hydrogens is 349 g/mol. The summed E-state index contributed by atoms with van der Waals surface area (Å²) < 4.78 is 25.1. The molecule has 146 valence electrons. The van der Waals surface area contributed by atoms with E-state index in [2.05, 4.69) is 10.3 Å². The van der Waals surface area contributed by atoms with Gasteiger partial charge in [-0.15, -0.1) is 0 Å². The molecule has 1 aliphatic heterocycles. The number of amides is 1. The van der Waals surface area contributed by atoms with E-state index < -0.39 is 11.9 Å². The van der Waals surface area contributed by atoms with Gasteiger partial charge >= 0.3 is 6.09 Å². The van der Waals surface area contributed by atoms with Crippen LogP contribution in [0.2, 0.25) is 0 Å². The van der Waals surface area contributed by atoms with Gasteiger partial charge in [-0.3, -0.25) is 0 Å². The standard InChI is InChI=1S/C20H26FN3O3/c1-2-17-13-22-9-10-24(17)20(25)27-14-15-12-18(5-6-19(15)21)26-11-7-16-4-3-8-23-16/h3-6,8,12,17,22-23H,2,7,9-11,13-14H2,1H3/t17-/m1/s1. The summed E-state index contributed by atoms with van der Waals surface area (Å²) in [6, 6.07) is 8.54. The molecule has 0 saturated carbocycles. The molecule has 1 saturated heterocycles. The van der Waals surface area contributed by atoms with E-state index in [-0.39, 0.29) is 12.6 Å². The topological polar surface area (TPSA) is 66.6 Å². The second-order valence-electron chi connectivity index (χ2n) is 6.56. The Morgan fingerprint density at radius 1 is 1.37 bits per heavy atom. The van der Waals surface area contributed by atoms with E-state index in [1.165, 1.54) is 6.07 Å². The number of aromatic amines is 1. The summed E-state index contributed by atoms with van der Waals surface area (Å²) in [7, 11) is 0. The maximum absolute atomic E-state index is 14.1. The highest BCUT2D eigenvalue weighted by atomic mass is 19.1. The number of ether oxygens (including phenoxy) is 2. The molecule has 1 atom stereocenters. The van der Waals surface area contributed by atoms with Crippen LogP contribution in [0.15, 0.2) is 36.5 Å². The van der Waals surface area contributed by atoms with Gasteiger partial charge in [-0.25, -0.2) is 9.18 Å². The highest BCUT2D eigenvalue weighted by molar-refractivity contribution is 5.68. The van der Waals surface area contributed by atoms with E-state index >= 15 is 0 Å². The van der Waals surface area contributed by atoms with Crippen molar-refractivity contribution in [3.05, 3.63) is 53.6 Å². The van der Waals surface area contributed by atoms with Crippen molar-refractivity contribution in [1.29, 1.82) is 0 Å². The lowest BCUT2D eigenvalue weighted by atomic mass is 10.1. The Hall–Kier alpha value is -2.54. The minimum atomic E-state index is -0.410. The molecule has 2 aromatic rings. The van der Waals surface area contributed by atoms with Gasteiger partial charge in [-0.2, -0.15) is 0 Å². The quantitative estimate of drug-likeness (QED) is 0.780. The van der Waals surface area contributed by atoms with Gasteiger partial charge in [0.25, 0.3) is 0 Å². The molecule has 1 aromatic carbocycles. The van der Waals surface area contributed by atoms with Crippen LogP contribution in [-0.4, -0.2) is 48.3 Å². The molecule has 1 fully saturated rings. The first-order valence-corrected chi connectivity index (χ1v) is 9.35. The summed E-state index contributed by atoms with van der Waals surface area (Å²) in [4.78, 5) is 17.2. The Bertz CT molecular complexity index is 736. The number of nitrogens with one attached hydrogen (secondary N) is 2. The second kappa shape index (κ2) is 9.41. The van der Waals surface area contributed by atoms with Crippen molar-refractivity contribution in [2.24, 2.45) is 0 Å². The van der Waals surface area contributed by atoms with Gasteiger partial charge in [-0.1, -0.05) is 6.92 Å². The fraction of sp³-hybridized carbons (Fsp3) is 0.450. The molecule has 0 aliphatic carbocycles. The second-order valence-corrected chi connectivity index (χ2v) is 6.56. The van der Waals surface area contributed by atoms with Crippen LogP contribution in [0, 0.1) is 5.82 Å². The molecule has 0 spiro atoms. The maximum Gasteiger partial charge on any atom is 0.410 e. The molecule has 1 aliphatic rings. The van der Waals surface area contributed by atoms with Gasteiger partial charge in [0, 0.05) is 49.6 Å². The number of halogens is 1. The van der Waals surface area contributed by atoms with Crippen molar-refractivity contribution in [3.63, 3.8) is 0 Å². The van der Waals surface area contributed by atoms with Gasteiger partial charge < -0.3 is 24.7 Å². The minimum absolute atomic E-state index is 0.110. The Kier molecular flexibility index (Phi) is 6.70. The van der Waals surface area contributed by atoms with E-state index in [1.807, 2.05) is 25.3 Å². The number of carbonyl (C=O) groups excluding carboxylic acids is 1. The van der Waals surface area contributed by atoms with Gasteiger partial charge in [-0.05, 0) is 36.8 Å². The number of carbonyl (C=O) groups is 1. The molecular formula is C20H26FN3O3. The molecule has 0 radical (unpaired) electrons. The van der Waals surface area contributed by atoms with E-state index in [0.717, 1.165) is 31.6 Å². The lowest BCUT2D eigenvalue weighted by molar-refractivity contribution is 0.0706.